The third-order valence-corrected chi connectivity index (χ3v) is 6.17. The quantitative estimate of drug-likeness (QED) is 0.777. The Kier molecular flexibility index (Phi) is 3.46. The molecule has 1 aliphatic carbocycles. The van der Waals surface area contributed by atoms with Crippen LogP contribution >= 0.6 is 11.3 Å². The van der Waals surface area contributed by atoms with Gasteiger partial charge in [0, 0.05) is 28.1 Å². The Hall–Kier alpha value is -1.35. The summed E-state index contributed by atoms with van der Waals surface area (Å²) in [6, 6.07) is 8.61. The van der Waals surface area contributed by atoms with Crippen LogP contribution in [0, 0.1) is 5.92 Å². The highest BCUT2D eigenvalue weighted by Gasteiger charge is 2.34. The molecule has 4 rings (SSSR count). The van der Waals surface area contributed by atoms with E-state index in [0.29, 0.717) is 6.04 Å². The first-order chi connectivity index (χ1) is 10.3. The van der Waals surface area contributed by atoms with Gasteiger partial charge in [0.15, 0.2) is 0 Å². The zero-order valence-electron chi connectivity index (χ0n) is 12.3. The first kappa shape index (κ1) is 13.3. The third kappa shape index (κ3) is 2.28. The Bertz CT molecular complexity index is 706. The average Bonchev–Trinajstić information content (AvgIpc) is 2.55. The third-order valence-electron chi connectivity index (χ3n) is 5.21. The fourth-order valence-corrected chi connectivity index (χ4v) is 5.12. The molecule has 1 aromatic heterocycles. The van der Waals surface area contributed by atoms with Gasteiger partial charge in [0.05, 0.1) is 5.69 Å². The van der Waals surface area contributed by atoms with Crippen LogP contribution in [0.4, 0.5) is 5.69 Å². The van der Waals surface area contributed by atoms with Gasteiger partial charge < -0.3 is 4.90 Å². The first-order valence-electron chi connectivity index (χ1n) is 8.12. The number of anilines is 1. The lowest BCUT2D eigenvalue weighted by Gasteiger charge is -2.45. The largest absolute Gasteiger partial charge is 0.364 e. The molecule has 110 valence electrons. The number of hydrogen-bond acceptors (Lipinski definition) is 3. The van der Waals surface area contributed by atoms with Crippen molar-refractivity contribution in [1.29, 1.82) is 0 Å². The number of rotatable bonds is 1. The van der Waals surface area contributed by atoms with E-state index in [2.05, 4.69) is 10.3 Å². The second kappa shape index (κ2) is 5.45. The molecule has 0 spiro atoms. The molecule has 0 bridgehead atoms. The minimum atomic E-state index is 0.232. The second-order valence-corrected chi connectivity index (χ2v) is 7.30. The molecule has 2 fully saturated rings. The van der Waals surface area contributed by atoms with Gasteiger partial charge >= 0.3 is 0 Å². The molecule has 21 heavy (non-hydrogen) atoms. The van der Waals surface area contributed by atoms with E-state index in [1.807, 2.05) is 24.3 Å². The van der Waals surface area contributed by atoms with Gasteiger partial charge in [-0.25, -0.2) is 0 Å². The molecule has 1 saturated carbocycles. The zero-order valence-corrected chi connectivity index (χ0v) is 13.1. The Morgan fingerprint density at radius 3 is 2.81 bits per heavy atom. The van der Waals surface area contributed by atoms with E-state index in [1.54, 1.807) is 11.3 Å². The summed E-state index contributed by atoms with van der Waals surface area (Å²) in [4.78, 5) is 15.3. The van der Waals surface area contributed by atoms with Crippen molar-refractivity contribution in [2.75, 3.05) is 11.4 Å². The van der Waals surface area contributed by atoms with Gasteiger partial charge in [0.2, 0.25) is 5.43 Å². The molecule has 2 nitrogen and oxygen atoms in total. The van der Waals surface area contributed by atoms with Crippen LogP contribution in [-0.2, 0) is 0 Å². The predicted octanol–water partition coefficient (Wildman–Crippen LogP) is 4.42. The topological polar surface area (TPSA) is 20.3 Å². The molecular weight excluding hydrogens is 278 g/mol. The van der Waals surface area contributed by atoms with E-state index in [0.717, 1.165) is 28.2 Å². The number of fused-ring (bicyclic) bond motifs is 2. The molecule has 0 N–H and O–H groups in total. The summed E-state index contributed by atoms with van der Waals surface area (Å²) in [5, 5.41) is 2.99. The summed E-state index contributed by atoms with van der Waals surface area (Å²) < 4.78 is 1.10. The van der Waals surface area contributed by atoms with Gasteiger partial charge in [-0.15, -0.1) is 11.3 Å². The van der Waals surface area contributed by atoms with Gasteiger partial charge in [0.1, 0.15) is 0 Å². The van der Waals surface area contributed by atoms with Crippen LogP contribution in [0.3, 0.4) is 0 Å². The molecule has 2 heterocycles. The normalized spacial score (nSPS) is 25.8. The summed E-state index contributed by atoms with van der Waals surface area (Å²) in [6.07, 6.45) is 7.90. The number of piperidine rings is 1. The van der Waals surface area contributed by atoms with Crippen molar-refractivity contribution in [2.24, 2.45) is 5.92 Å². The van der Waals surface area contributed by atoms with Gasteiger partial charge in [0.25, 0.3) is 0 Å². The maximum Gasteiger partial charge on any atom is 0.211 e. The van der Waals surface area contributed by atoms with E-state index in [1.165, 1.54) is 38.5 Å². The zero-order chi connectivity index (χ0) is 14.2. The SMILES string of the molecule is O=c1c(N2CCCC3CCCCC32)csc2ccccc12. The van der Waals surface area contributed by atoms with E-state index in [9.17, 15) is 4.79 Å². The van der Waals surface area contributed by atoms with Gasteiger partial charge in [-0.05, 0) is 43.7 Å². The van der Waals surface area contributed by atoms with Crippen LogP contribution < -0.4 is 10.3 Å². The van der Waals surface area contributed by atoms with Crippen molar-refractivity contribution in [3.05, 3.63) is 39.9 Å². The van der Waals surface area contributed by atoms with Gasteiger partial charge in [-0.2, -0.15) is 0 Å². The molecule has 0 amide bonds. The van der Waals surface area contributed by atoms with Crippen molar-refractivity contribution >= 4 is 27.1 Å². The maximum atomic E-state index is 12.9. The fourth-order valence-electron chi connectivity index (χ4n) is 4.19. The lowest BCUT2D eigenvalue weighted by Crippen LogP contribution is -2.48. The molecule has 1 aromatic carbocycles. The van der Waals surface area contributed by atoms with Crippen molar-refractivity contribution < 1.29 is 0 Å². The second-order valence-electron chi connectivity index (χ2n) is 6.39. The number of hydrogen-bond donors (Lipinski definition) is 0. The van der Waals surface area contributed by atoms with Gasteiger partial charge in [-0.3, -0.25) is 4.79 Å². The average molecular weight is 299 g/mol. The molecule has 2 unspecified atom stereocenters. The summed E-state index contributed by atoms with van der Waals surface area (Å²) in [6.45, 7) is 1.06. The van der Waals surface area contributed by atoms with E-state index in [4.69, 9.17) is 0 Å². The van der Waals surface area contributed by atoms with Crippen molar-refractivity contribution in [3.8, 4) is 0 Å². The van der Waals surface area contributed by atoms with Crippen LogP contribution in [0.2, 0.25) is 0 Å². The molecule has 2 aliphatic rings. The van der Waals surface area contributed by atoms with Crippen molar-refractivity contribution in [3.63, 3.8) is 0 Å². The van der Waals surface area contributed by atoms with E-state index in [-0.39, 0.29) is 5.43 Å². The molecule has 2 atom stereocenters. The molecular formula is C18H21NOS. The molecule has 1 aliphatic heterocycles. The highest BCUT2D eigenvalue weighted by molar-refractivity contribution is 7.16. The van der Waals surface area contributed by atoms with Crippen LogP contribution in [-0.4, -0.2) is 12.6 Å². The van der Waals surface area contributed by atoms with Crippen LogP contribution in [0.15, 0.2) is 34.4 Å². The summed E-state index contributed by atoms with van der Waals surface area (Å²) in [5.41, 5.74) is 1.19. The Morgan fingerprint density at radius 2 is 1.86 bits per heavy atom. The minimum Gasteiger partial charge on any atom is -0.364 e. The lowest BCUT2D eigenvalue weighted by atomic mass is 9.78. The van der Waals surface area contributed by atoms with E-state index < -0.39 is 0 Å². The minimum absolute atomic E-state index is 0.232. The fraction of sp³-hybridized carbons (Fsp3) is 0.500. The summed E-state index contributed by atoms with van der Waals surface area (Å²) >= 11 is 1.71. The van der Waals surface area contributed by atoms with Gasteiger partial charge in [-0.1, -0.05) is 25.0 Å². The maximum absolute atomic E-state index is 12.9. The molecule has 3 heteroatoms. The number of benzene rings is 1. The standard InChI is InChI=1S/C18H21NOS/c20-18-14-8-2-4-10-17(14)21-12-16(18)19-11-5-7-13-6-1-3-9-15(13)19/h2,4,8,10,12-13,15H,1,3,5-7,9,11H2. The Balaban J connectivity index is 1.78. The lowest BCUT2D eigenvalue weighted by molar-refractivity contribution is 0.243. The summed E-state index contributed by atoms with van der Waals surface area (Å²) in [7, 11) is 0. The van der Waals surface area contributed by atoms with Crippen molar-refractivity contribution in [2.45, 2.75) is 44.6 Å². The summed E-state index contributed by atoms with van der Waals surface area (Å²) in [5.74, 6) is 0.809. The number of nitrogens with zero attached hydrogens (tertiary/aromatic N) is 1. The molecule has 2 aromatic rings. The van der Waals surface area contributed by atoms with E-state index >= 15 is 0 Å². The van der Waals surface area contributed by atoms with Crippen LogP contribution in [0.5, 0.6) is 0 Å². The van der Waals surface area contributed by atoms with Crippen LogP contribution in [0.1, 0.15) is 38.5 Å². The monoisotopic (exact) mass is 299 g/mol. The molecule has 0 radical (unpaired) electrons. The smallest absolute Gasteiger partial charge is 0.211 e. The van der Waals surface area contributed by atoms with Crippen molar-refractivity contribution in [1.82, 2.24) is 0 Å². The molecule has 1 saturated heterocycles. The first-order valence-corrected chi connectivity index (χ1v) is 9.00. The predicted molar refractivity (Wildman–Crippen MR) is 90.4 cm³/mol. The Morgan fingerprint density at radius 1 is 1.05 bits per heavy atom. The van der Waals surface area contributed by atoms with Crippen LogP contribution in [0.25, 0.3) is 10.1 Å². The Labute approximate surface area is 129 Å². The highest BCUT2D eigenvalue weighted by Crippen LogP contribution is 2.37. The highest BCUT2D eigenvalue weighted by atomic mass is 32.1.